The van der Waals surface area contributed by atoms with Gasteiger partial charge in [0.15, 0.2) is 0 Å². The van der Waals surface area contributed by atoms with Crippen LogP contribution in [0.15, 0.2) is 36.8 Å². The van der Waals surface area contributed by atoms with Crippen LogP contribution in [0.5, 0.6) is 0 Å². The minimum absolute atomic E-state index is 0.0999. The van der Waals surface area contributed by atoms with Gasteiger partial charge in [-0.3, -0.25) is 5.41 Å². The average molecular weight is 242 g/mol. The zero-order valence-corrected chi connectivity index (χ0v) is 10.9. The molecule has 0 bridgehead atoms. The zero-order chi connectivity index (χ0) is 13.2. The summed E-state index contributed by atoms with van der Waals surface area (Å²) in [6, 6.07) is 8.11. The third-order valence-electron chi connectivity index (χ3n) is 2.81. The van der Waals surface area contributed by atoms with E-state index >= 15 is 0 Å². The predicted molar refractivity (Wildman–Crippen MR) is 75.0 cm³/mol. The van der Waals surface area contributed by atoms with Gasteiger partial charge in [0, 0.05) is 11.2 Å². The van der Waals surface area contributed by atoms with Crippen LogP contribution in [0.4, 0.5) is 5.69 Å². The minimum atomic E-state index is -0.0999. The van der Waals surface area contributed by atoms with Gasteiger partial charge < -0.3 is 9.88 Å². The fourth-order valence-electron chi connectivity index (χ4n) is 1.87. The summed E-state index contributed by atoms with van der Waals surface area (Å²) in [6.07, 6.45) is 4.83. The molecular weight excluding hydrogens is 224 g/mol. The highest BCUT2D eigenvalue weighted by molar-refractivity contribution is 5.79. The van der Waals surface area contributed by atoms with Gasteiger partial charge in [-0.25, -0.2) is 4.98 Å². The summed E-state index contributed by atoms with van der Waals surface area (Å²) in [6.45, 7) is 6.25. The molecule has 0 radical (unpaired) electrons. The van der Waals surface area contributed by atoms with Gasteiger partial charge in [0.05, 0.1) is 24.6 Å². The van der Waals surface area contributed by atoms with E-state index in [0.29, 0.717) is 0 Å². The Hall–Kier alpha value is -2.10. The molecule has 0 atom stereocenters. The number of aromatic amines is 1. The van der Waals surface area contributed by atoms with Crippen molar-refractivity contribution >= 4 is 12.0 Å². The second-order valence-corrected chi connectivity index (χ2v) is 5.18. The van der Waals surface area contributed by atoms with Crippen LogP contribution >= 0.6 is 0 Å². The number of nitrogens with zero attached hydrogens (tertiary/aromatic N) is 2. The van der Waals surface area contributed by atoms with E-state index in [2.05, 4.69) is 30.7 Å². The van der Waals surface area contributed by atoms with Crippen molar-refractivity contribution in [1.82, 2.24) is 9.97 Å². The maximum absolute atomic E-state index is 7.53. The molecule has 94 valence electrons. The Kier molecular flexibility index (Phi) is 3.19. The summed E-state index contributed by atoms with van der Waals surface area (Å²) in [5, 5.41) is 7.53. The van der Waals surface area contributed by atoms with Gasteiger partial charge in [-0.2, -0.15) is 0 Å². The Labute approximate surface area is 107 Å². The van der Waals surface area contributed by atoms with Gasteiger partial charge in [-0.1, -0.05) is 12.1 Å². The van der Waals surface area contributed by atoms with Gasteiger partial charge >= 0.3 is 0 Å². The van der Waals surface area contributed by atoms with Crippen molar-refractivity contribution < 1.29 is 0 Å². The smallest absolute Gasteiger partial charge is 0.0924 e. The molecule has 1 aromatic carbocycles. The molecule has 0 saturated carbocycles. The maximum atomic E-state index is 7.53. The molecule has 2 aromatic rings. The average Bonchev–Trinajstić information content (AvgIpc) is 2.82. The molecule has 1 heterocycles. The Bertz CT molecular complexity index is 506. The van der Waals surface area contributed by atoms with Crippen LogP contribution in [0.2, 0.25) is 0 Å². The highest BCUT2D eigenvalue weighted by Crippen LogP contribution is 2.25. The molecule has 2 N–H and O–H groups in total. The molecule has 0 fully saturated rings. The van der Waals surface area contributed by atoms with E-state index < -0.39 is 0 Å². The lowest BCUT2D eigenvalue weighted by atomic mass is 10.0. The molecule has 1 aromatic heterocycles. The Morgan fingerprint density at radius 3 is 2.33 bits per heavy atom. The van der Waals surface area contributed by atoms with Crippen LogP contribution in [-0.2, 0) is 0 Å². The first-order valence-electron chi connectivity index (χ1n) is 5.91. The molecule has 18 heavy (non-hydrogen) atoms. The summed E-state index contributed by atoms with van der Waals surface area (Å²) >= 11 is 0. The molecule has 0 aliphatic carbocycles. The van der Waals surface area contributed by atoms with E-state index in [1.165, 1.54) is 6.34 Å². The second kappa shape index (κ2) is 4.64. The molecule has 4 nitrogen and oxygen atoms in total. The van der Waals surface area contributed by atoms with Crippen LogP contribution in [0.25, 0.3) is 11.3 Å². The summed E-state index contributed by atoms with van der Waals surface area (Å²) in [5.41, 5.74) is 3.01. The van der Waals surface area contributed by atoms with Gasteiger partial charge in [0.1, 0.15) is 0 Å². The Balaban J connectivity index is 2.30. The largest absolute Gasteiger partial charge is 0.345 e. The number of anilines is 1. The highest BCUT2D eigenvalue weighted by Gasteiger charge is 2.19. The van der Waals surface area contributed by atoms with Gasteiger partial charge in [0.25, 0.3) is 0 Å². The predicted octanol–water partition coefficient (Wildman–Crippen LogP) is 3.29. The van der Waals surface area contributed by atoms with E-state index in [1.807, 2.05) is 29.2 Å². The van der Waals surface area contributed by atoms with Crippen molar-refractivity contribution in [1.29, 1.82) is 5.41 Å². The molecule has 0 spiro atoms. The number of hydrogen-bond acceptors (Lipinski definition) is 2. The van der Waals surface area contributed by atoms with E-state index in [1.54, 1.807) is 12.5 Å². The SMILES string of the molecule is CC(C)(C)N(C=N)c1ccc(-c2cnc[nH]2)cc1. The monoisotopic (exact) mass is 242 g/mol. The third kappa shape index (κ3) is 2.42. The number of benzene rings is 1. The van der Waals surface area contributed by atoms with E-state index in [4.69, 9.17) is 5.41 Å². The maximum Gasteiger partial charge on any atom is 0.0924 e. The van der Waals surface area contributed by atoms with E-state index in [-0.39, 0.29) is 5.54 Å². The fourth-order valence-corrected chi connectivity index (χ4v) is 1.87. The van der Waals surface area contributed by atoms with Crippen LogP contribution in [-0.4, -0.2) is 21.8 Å². The van der Waals surface area contributed by atoms with Crippen molar-refractivity contribution in [2.45, 2.75) is 26.3 Å². The van der Waals surface area contributed by atoms with Crippen LogP contribution in [0.1, 0.15) is 20.8 Å². The second-order valence-electron chi connectivity index (χ2n) is 5.18. The lowest BCUT2D eigenvalue weighted by Gasteiger charge is -2.33. The number of aromatic nitrogens is 2. The topological polar surface area (TPSA) is 55.8 Å². The lowest BCUT2D eigenvalue weighted by Crippen LogP contribution is -2.40. The molecule has 0 aliphatic rings. The van der Waals surface area contributed by atoms with Crippen LogP contribution in [0.3, 0.4) is 0 Å². The summed E-state index contributed by atoms with van der Waals surface area (Å²) < 4.78 is 0. The summed E-state index contributed by atoms with van der Waals surface area (Å²) in [4.78, 5) is 9.02. The number of hydrogen-bond donors (Lipinski definition) is 2. The fraction of sp³-hybridized carbons (Fsp3) is 0.286. The Morgan fingerprint density at radius 1 is 1.22 bits per heavy atom. The molecule has 0 saturated heterocycles. The first-order chi connectivity index (χ1) is 8.52. The number of H-pyrrole nitrogens is 1. The number of rotatable bonds is 3. The summed E-state index contributed by atoms with van der Waals surface area (Å²) in [5.74, 6) is 0. The van der Waals surface area contributed by atoms with Crippen molar-refractivity contribution in [3.8, 4) is 11.3 Å². The minimum Gasteiger partial charge on any atom is -0.345 e. The van der Waals surface area contributed by atoms with Crippen molar-refractivity contribution in [2.24, 2.45) is 0 Å². The quantitative estimate of drug-likeness (QED) is 0.641. The highest BCUT2D eigenvalue weighted by atomic mass is 15.2. The molecule has 2 rings (SSSR count). The molecule has 4 heteroatoms. The third-order valence-corrected chi connectivity index (χ3v) is 2.81. The van der Waals surface area contributed by atoms with Crippen molar-refractivity contribution in [3.05, 3.63) is 36.8 Å². The first kappa shape index (κ1) is 12.4. The molecule has 0 unspecified atom stereocenters. The van der Waals surface area contributed by atoms with E-state index in [9.17, 15) is 0 Å². The normalized spacial score (nSPS) is 11.3. The lowest BCUT2D eigenvalue weighted by molar-refractivity contribution is 0.575. The molecule has 0 aliphatic heterocycles. The molecule has 0 amide bonds. The zero-order valence-electron chi connectivity index (χ0n) is 10.9. The standard InChI is InChI=1S/C14H18N4/c1-14(2,3)18(9-15)12-6-4-11(5-7-12)13-8-16-10-17-13/h4-10,15H,1-3H3,(H,16,17). The summed E-state index contributed by atoms with van der Waals surface area (Å²) in [7, 11) is 0. The molecular formula is C14H18N4. The van der Waals surface area contributed by atoms with Crippen molar-refractivity contribution in [3.63, 3.8) is 0 Å². The van der Waals surface area contributed by atoms with E-state index in [0.717, 1.165) is 16.9 Å². The number of nitrogens with one attached hydrogen (secondary N) is 2. The van der Waals surface area contributed by atoms with Gasteiger partial charge in [0.2, 0.25) is 0 Å². The Morgan fingerprint density at radius 2 is 1.89 bits per heavy atom. The van der Waals surface area contributed by atoms with Crippen LogP contribution < -0.4 is 4.90 Å². The van der Waals surface area contributed by atoms with Gasteiger partial charge in [-0.15, -0.1) is 0 Å². The van der Waals surface area contributed by atoms with Gasteiger partial charge in [-0.05, 0) is 38.5 Å². The van der Waals surface area contributed by atoms with Crippen LogP contribution in [0, 0.1) is 5.41 Å². The van der Waals surface area contributed by atoms with Crippen molar-refractivity contribution in [2.75, 3.05) is 4.90 Å². The first-order valence-corrected chi connectivity index (χ1v) is 5.91. The number of imidazole rings is 1.